The van der Waals surface area contributed by atoms with E-state index in [2.05, 4.69) is 78.0 Å². The van der Waals surface area contributed by atoms with Crippen molar-refractivity contribution in [1.29, 1.82) is 0 Å². The number of rotatable bonds is 3. The lowest BCUT2D eigenvalue weighted by atomic mass is 9.74. The van der Waals surface area contributed by atoms with Crippen molar-refractivity contribution in [3.8, 4) is 0 Å². The number of carbonyl (C=O) groups excluding carboxylic acids is 1. The Kier molecular flexibility index (Phi) is 5.92. The molecule has 0 aliphatic carbocycles. The largest absolute Gasteiger partial charge is 0.307 e. The Bertz CT molecular complexity index is 1190. The minimum atomic E-state index is 0.0437. The fraction of sp³-hybridized carbons (Fsp3) is 0.345. The normalized spacial score (nSPS) is 17.4. The van der Waals surface area contributed by atoms with E-state index in [1.165, 1.54) is 27.8 Å². The maximum absolute atomic E-state index is 13.5. The maximum Gasteiger partial charge on any atom is 0.258 e. The second kappa shape index (κ2) is 8.73. The predicted octanol–water partition coefficient (Wildman–Crippen LogP) is 6.57. The van der Waals surface area contributed by atoms with Gasteiger partial charge in [-0.2, -0.15) is 0 Å². The lowest BCUT2D eigenvalue weighted by Gasteiger charge is -2.40. The van der Waals surface area contributed by atoms with E-state index >= 15 is 0 Å². The number of likely N-dealkylation sites (tertiary alicyclic amines) is 1. The lowest BCUT2D eigenvalue weighted by Crippen LogP contribution is -2.45. The molecule has 170 valence electrons. The van der Waals surface area contributed by atoms with Crippen molar-refractivity contribution in [2.24, 2.45) is 0 Å². The fourth-order valence-corrected chi connectivity index (χ4v) is 6.13. The fourth-order valence-electron chi connectivity index (χ4n) is 5.73. The molecule has 0 atom stereocenters. The molecule has 2 heterocycles. The van der Waals surface area contributed by atoms with Gasteiger partial charge in [-0.1, -0.05) is 69.0 Å². The summed E-state index contributed by atoms with van der Waals surface area (Å²) in [5, 5.41) is 0. The lowest BCUT2D eigenvalue weighted by molar-refractivity contribution is 0.0975. The zero-order chi connectivity index (χ0) is 23.2. The van der Waals surface area contributed by atoms with Crippen LogP contribution in [0.5, 0.6) is 0 Å². The Labute approximate surface area is 205 Å². The monoisotopic (exact) mass is 502 g/mol. The molecule has 1 spiro atoms. The number of carbonyl (C=O) groups is 1. The van der Waals surface area contributed by atoms with Crippen LogP contribution in [-0.4, -0.2) is 30.4 Å². The van der Waals surface area contributed by atoms with E-state index in [0.717, 1.165) is 54.7 Å². The summed E-state index contributed by atoms with van der Waals surface area (Å²) in [7, 11) is 0. The van der Waals surface area contributed by atoms with Gasteiger partial charge in [0.25, 0.3) is 5.91 Å². The van der Waals surface area contributed by atoms with E-state index in [1.807, 2.05) is 29.2 Å². The van der Waals surface area contributed by atoms with Crippen molar-refractivity contribution < 1.29 is 4.79 Å². The molecule has 4 heteroatoms. The minimum Gasteiger partial charge on any atom is -0.307 e. The topological polar surface area (TPSA) is 23.6 Å². The van der Waals surface area contributed by atoms with Gasteiger partial charge >= 0.3 is 0 Å². The van der Waals surface area contributed by atoms with Gasteiger partial charge in [-0.05, 0) is 82.1 Å². The van der Waals surface area contributed by atoms with Gasteiger partial charge in [-0.3, -0.25) is 9.69 Å². The first kappa shape index (κ1) is 22.4. The van der Waals surface area contributed by atoms with Crippen LogP contribution in [-0.2, 0) is 12.0 Å². The van der Waals surface area contributed by atoms with Crippen LogP contribution in [0.15, 0.2) is 65.1 Å². The third-order valence-electron chi connectivity index (χ3n) is 7.29. The van der Waals surface area contributed by atoms with Gasteiger partial charge in [-0.15, -0.1) is 0 Å². The highest BCUT2D eigenvalue weighted by molar-refractivity contribution is 9.10. The summed E-state index contributed by atoms with van der Waals surface area (Å²) in [6, 6.07) is 21.2. The molecule has 0 bridgehead atoms. The number of nitrogens with zero attached hydrogens (tertiary/aromatic N) is 2. The van der Waals surface area contributed by atoms with Crippen molar-refractivity contribution >= 4 is 27.5 Å². The smallest absolute Gasteiger partial charge is 0.258 e. The molecule has 2 aliphatic heterocycles. The molecule has 0 unspecified atom stereocenters. The number of hydrogen-bond acceptors (Lipinski definition) is 2. The van der Waals surface area contributed by atoms with Gasteiger partial charge in [-0.25, -0.2) is 0 Å². The van der Waals surface area contributed by atoms with Gasteiger partial charge in [0, 0.05) is 34.2 Å². The second-order valence-corrected chi connectivity index (χ2v) is 10.9. The first-order chi connectivity index (χ1) is 15.8. The number of fused-ring (bicyclic) bond motifs is 2. The van der Waals surface area contributed by atoms with Crippen molar-refractivity contribution in [3.05, 3.63) is 98.5 Å². The van der Waals surface area contributed by atoms with Gasteiger partial charge in [0.15, 0.2) is 0 Å². The number of amides is 1. The van der Waals surface area contributed by atoms with Gasteiger partial charge in [0.2, 0.25) is 0 Å². The average molecular weight is 503 g/mol. The van der Waals surface area contributed by atoms with Crippen LogP contribution in [0.1, 0.15) is 51.0 Å². The highest BCUT2D eigenvalue weighted by Gasteiger charge is 2.46. The van der Waals surface area contributed by atoms with Crippen LogP contribution in [0.4, 0.5) is 5.69 Å². The van der Waals surface area contributed by atoms with Crippen molar-refractivity contribution in [3.63, 3.8) is 0 Å². The summed E-state index contributed by atoms with van der Waals surface area (Å²) in [6.07, 6.45) is 2.16. The maximum atomic E-state index is 13.5. The molecular weight excluding hydrogens is 472 g/mol. The number of halogens is 1. The average Bonchev–Trinajstić information content (AvgIpc) is 3.07. The number of aryl methyl sites for hydroxylation is 3. The Hall–Kier alpha value is -2.43. The van der Waals surface area contributed by atoms with Crippen LogP contribution in [0.2, 0.25) is 0 Å². The molecule has 0 N–H and O–H groups in total. The van der Waals surface area contributed by atoms with E-state index in [1.54, 1.807) is 0 Å². The third kappa shape index (κ3) is 4.39. The van der Waals surface area contributed by atoms with Crippen LogP contribution < -0.4 is 4.90 Å². The molecule has 0 radical (unpaired) electrons. The SMILES string of the molecule is Cc1cc(C)cc(CN2CCC3(CC2)CN(C(=O)c2cccc(Br)c2)c2ccc(C)cc23)c1. The first-order valence-electron chi connectivity index (χ1n) is 11.8. The first-order valence-corrected chi connectivity index (χ1v) is 12.6. The van der Waals surface area contributed by atoms with Crippen LogP contribution in [0, 0.1) is 20.8 Å². The van der Waals surface area contributed by atoms with Gasteiger partial charge < -0.3 is 4.90 Å². The number of anilines is 1. The molecule has 33 heavy (non-hydrogen) atoms. The zero-order valence-corrected chi connectivity index (χ0v) is 21.3. The molecule has 5 rings (SSSR count). The third-order valence-corrected chi connectivity index (χ3v) is 7.79. The quantitative estimate of drug-likeness (QED) is 0.404. The Morgan fingerprint density at radius 3 is 2.33 bits per heavy atom. The highest BCUT2D eigenvalue weighted by Crippen LogP contribution is 2.48. The summed E-state index contributed by atoms with van der Waals surface area (Å²) in [6.45, 7) is 10.4. The van der Waals surface area contributed by atoms with Crippen LogP contribution in [0.25, 0.3) is 0 Å². The molecule has 2 aliphatic rings. The van der Waals surface area contributed by atoms with E-state index in [0.29, 0.717) is 0 Å². The van der Waals surface area contributed by atoms with Crippen molar-refractivity contribution in [1.82, 2.24) is 4.90 Å². The van der Waals surface area contributed by atoms with Gasteiger partial charge in [0.1, 0.15) is 0 Å². The summed E-state index contributed by atoms with van der Waals surface area (Å²) in [5.41, 5.74) is 8.56. The second-order valence-electron chi connectivity index (χ2n) is 9.97. The molecular formula is C29H31BrN2O. The van der Waals surface area contributed by atoms with Crippen LogP contribution in [0.3, 0.4) is 0 Å². The number of hydrogen-bond donors (Lipinski definition) is 0. The molecule has 0 saturated carbocycles. The Morgan fingerprint density at radius 1 is 0.909 bits per heavy atom. The molecule has 1 amide bonds. The summed E-state index contributed by atoms with van der Waals surface area (Å²) in [5.74, 6) is 0.0935. The Morgan fingerprint density at radius 2 is 1.64 bits per heavy atom. The van der Waals surface area contributed by atoms with Crippen molar-refractivity contribution in [2.45, 2.75) is 45.6 Å². The molecule has 3 nitrogen and oxygen atoms in total. The number of benzene rings is 3. The molecule has 1 saturated heterocycles. The standard InChI is InChI=1S/C29H31BrN2O/c1-20-7-8-27-26(16-20)29(19-32(27)28(33)24-5-4-6-25(30)17-24)9-11-31(12-10-29)18-23-14-21(2)13-22(3)15-23/h4-8,13-17H,9-12,18-19H2,1-3H3. The predicted molar refractivity (Wildman–Crippen MR) is 139 cm³/mol. The molecule has 1 fully saturated rings. The Balaban J connectivity index is 1.39. The number of piperidine rings is 1. The van der Waals surface area contributed by atoms with E-state index < -0.39 is 0 Å². The van der Waals surface area contributed by atoms with Crippen molar-refractivity contribution in [2.75, 3.05) is 24.5 Å². The summed E-state index contributed by atoms with van der Waals surface area (Å²) < 4.78 is 0.936. The highest BCUT2D eigenvalue weighted by atomic mass is 79.9. The van der Waals surface area contributed by atoms with E-state index in [-0.39, 0.29) is 11.3 Å². The van der Waals surface area contributed by atoms with Gasteiger partial charge in [0.05, 0.1) is 0 Å². The summed E-state index contributed by atoms with van der Waals surface area (Å²) >= 11 is 3.52. The van der Waals surface area contributed by atoms with Crippen LogP contribution >= 0.6 is 15.9 Å². The zero-order valence-electron chi connectivity index (χ0n) is 19.7. The van der Waals surface area contributed by atoms with E-state index in [9.17, 15) is 4.79 Å². The molecule has 0 aromatic heterocycles. The molecule has 3 aromatic carbocycles. The summed E-state index contributed by atoms with van der Waals surface area (Å²) in [4.78, 5) is 18.1. The minimum absolute atomic E-state index is 0.0437. The molecule has 3 aromatic rings. The van der Waals surface area contributed by atoms with E-state index in [4.69, 9.17) is 0 Å².